The van der Waals surface area contributed by atoms with E-state index in [0.717, 1.165) is 40.8 Å². The molecule has 30 heavy (non-hydrogen) atoms. The third-order valence-electron chi connectivity index (χ3n) is 5.70. The van der Waals surface area contributed by atoms with E-state index >= 15 is 0 Å². The van der Waals surface area contributed by atoms with Crippen molar-refractivity contribution in [3.05, 3.63) is 64.0 Å². The highest BCUT2D eigenvalue weighted by Gasteiger charge is 2.19. The Hall–Kier alpha value is -3.68. The topological polar surface area (TPSA) is 99.9 Å². The van der Waals surface area contributed by atoms with Crippen LogP contribution < -0.4 is 10.5 Å². The van der Waals surface area contributed by atoms with Crippen LogP contribution in [0, 0.1) is 6.92 Å². The van der Waals surface area contributed by atoms with Crippen molar-refractivity contribution >= 4 is 17.0 Å². The van der Waals surface area contributed by atoms with Gasteiger partial charge in [0.05, 0.1) is 17.5 Å². The Morgan fingerprint density at radius 3 is 2.87 bits per heavy atom. The van der Waals surface area contributed by atoms with E-state index in [1.807, 2.05) is 37.2 Å². The molecule has 0 bridgehead atoms. The van der Waals surface area contributed by atoms with Gasteiger partial charge in [0.25, 0.3) is 5.56 Å². The summed E-state index contributed by atoms with van der Waals surface area (Å²) in [6.45, 7) is 3.53. The van der Waals surface area contributed by atoms with Crippen LogP contribution in [0.2, 0.25) is 0 Å². The minimum Gasteiger partial charge on any atom is -0.506 e. The number of hydrogen-bond donors (Lipinski definition) is 2. The molecule has 0 unspecified atom stereocenters. The SMILES string of the molecule is Cc1nc(-c2cnc3n(c2=O)CCCN3C)ccc1Cc1c[nH]c2ncc(O)cc12. The number of rotatable bonds is 3. The van der Waals surface area contributed by atoms with Gasteiger partial charge in [-0.05, 0) is 36.6 Å². The average Bonchev–Trinajstić information content (AvgIpc) is 3.12. The molecule has 4 aromatic heterocycles. The first-order chi connectivity index (χ1) is 14.5. The van der Waals surface area contributed by atoms with Gasteiger partial charge in [-0.3, -0.25) is 14.3 Å². The van der Waals surface area contributed by atoms with Gasteiger partial charge in [-0.25, -0.2) is 9.97 Å². The second kappa shape index (κ2) is 6.98. The highest BCUT2D eigenvalue weighted by Crippen LogP contribution is 2.25. The number of nitrogens with zero attached hydrogens (tertiary/aromatic N) is 5. The minimum absolute atomic E-state index is 0.0515. The molecule has 152 valence electrons. The van der Waals surface area contributed by atoms with Gasteiger partial charge >= 0.3 is 0 Å². The Kier molecular flexibility index (Phi) is 4.27. The number of aryl methyl sites for hydroxylation is 1. The zero-order chi connectivity index (χ0) is 20.8. The van der Waals surface area contributed by atoms with Gasteiger partial charge in [0.2, 0.25) is 5.95 Å². The first-order valence-corrected chi connectivity index (χ1v) is 9.94. The molecule has 0 radical (unpaired) electrons. The molecule has 4 aromatic rings. The van der Waals surface area contributed by atoms with Gasteiger partial charge in [0.15, 0.2) is 0 Å². The zero-order valence-corrected chi connectivity index (χ0v) is 16.9. The standard InChI is InChI=1S/C22H22N6O2/c1-13-14(8-15-10-23-20-17(15)9-16(29)11-24-20)4-5-19(26-13)18-12-25-22-27(2)6-3-7-28(22)21(18)30/h4-5,9-12,29H,3,6-8H2,1-2H3,(H,23,24). The van der Waals surface area contributed by atoms with E-state index in [1.165, 1.54) is 6.20 Å². The van der Waals surface area contributed by atoms with Crippen LogP contribution in [-0.2, 0) is 13.0 Å². The van der Waals surface area contributed by atoms with Crippen LogP contribution in [0.3, 0.4) is 0 Å². The Morgan fingerprint density at radius 2 is 2.03 bits per heavy atom. The number of hydrogen-bond acceptors (Lipinski definition) is 6. The summed E-state index contributed by atoms with van der Waals surface area (Å²) in [5, 5.41) is 10.6. The molecular formula is C22H22N6O2. The summed E-state index contributed by atoms with van der Waals surface area (Å²) in [7, 11) is 1.95. The fourth-order valence-electron chi connectivity index (χ4n) is 4.06. The van der Waals surface area contributed by atoms with E-state index < -0.39 is 0 Å². The molecule has 8 nitrogen and oxygen atoms in total. The van der Waals surface area contributed by atoms with Gasteiger partial charge in [0.1, 0.15) is 11.4 Å². The van der Waals surface area contributed by atoms with E-state index in [-0.39, 0.29) is 11.3 Å². The number of fused-ring (bicyclic) bond motifs is 2. The maximum absolute atomic E-state index is 13.0. The van der Waals surface area contributed by atoms with Gasteiger partial charge in [-0.2, -0.15) is 0 Å². The van der Waals surface area contributed by atoms with Crippen molar-refractivity contribution in [1.82, 2.24) is 24.5 Å². The lowest BCUT2D eigenvalue weighted by molar-refractivity contribution is 0.474. The van der Waals surface area contributed by atoms with Crippen LogP contribution >= 0.6 is 0 Å². The van der Waals surface area contributed by atoms with Gasteiger partial charge in [0, 0.05) is 50.0 Å². The Morgan fingerprint density at radius 1 is 1.17 bits per heavy atom. The molecule has 0 saturated carbocycles. The van der Waals surface area contributed by atoms with Crippen molar-refractivity contribution in [3.63, 3.8) is 0 Å². The maximum atomic E-state index is 13.0. The molecular weight excluding hydrogens is 380 g/mol. The van der Waals surface area contributed by atoms with Crippen molar-refractivity contribution in [2.24, 2.45) is 0 Å². The number of H-pyrrole nitrogens is 1. The lowest BCUT2D eigenvalue weighted by Gasteiger charge is -2.27. The molecule has 0 spiro atoms. The number of aromatic amines is 1. The van der Waals surface area contributed by atoms with Crippen LogP contribution in [0.1, 0.15) is 23.2 Å². The van der Waals surface area contributed by atoms with Crippen LogP contribution in [0.5, 0.6) is 5.75 Å². The van der Waals surface area contributed by atoms with E-state index in [4.69, 9.17) is 4.98 Å². The lowest BCUT2D eigenvalue weighted by atomic mass is 10.0. The second-order valence-electron chi connectivity index (χ2n) is 7.73. The second-order valence-corrected chi connectivity index (χ2v) is 7.73. The van der Waals surface area contributed by atoms with Crippen molar-refractivity contribution in [1.29, 1.82) is 0 Å². The summed E-state index contributed by atoms with van der Waals surface area (Å²) >= 11 is 0. The highest BCUT2D eigenvalue weighted by atomic mass is 16.3. The number of nitrogens with one attached hydrogen (secondary N) is 1. The number of anilines is 1. The summed E-state index contributed by atoms with van der Waals surface area (Å²) < 4.78 is 1.73. The number of aromatic nitrogens is 5. The van der Waals surface area contributed by atoms with Crippen molar-refractivity contribution in [2.45, 2.75) is 26.3 Å². The predicted octanol–water partition coefficient (Wildman–Crippen LogP) is 2.63. The van der Waals surface area contributed by atoms with E-state index in [2.05, 4.69) is 15.0 Å². The first-order valence-electron chi connectivity index (χ1n) is 9.94. The first kappa shape index (κ1) is 18.4. The molecule has 8 heteroatoms. The molecule has 1 aliphatic rings. The molecule has 0 saturated heterocycles. The summed E-state index contributed by atoms with van der Waals surface area (Å²) in [5.74, 6) is 0.846. The Labute approximate surface area is 172 Å². The quantitative estimate of drug-likeness (QED) is 0.546. The van der Waals surface area contributed by atoms with Gasteiger partial charge < -0.3 is 15.0 Å². The Bertz CT molecular complexity index is 1320. The van der Waals surface area contributed by atoms with Crippen molar-refractivity contribution in [2.75, 3.05) is 18.5 Å². The third kappa shape index (κ3) is 3.01. The van der Waals surface area contributed by atoms with E-state index in [0.29, 0.717) is 30.2 Å². The van der Waals surface area contributed by atoms with Crippen LogP contribution in [0.15, 0.2) is 41.6 Å². The van der Waals surface area contributed by atoms with E-state index in [1.54, 1.807) is 16.8 Å². The van der Waals surface area contributed by atoms with Crippen LogP contribution in [0.4, 0.5) is 5.95 Å². The average molecular weight is 402 g/mol. The van der Waals surface area contributed by atoms with Gasteiger partial charge in [-0.15, -0.1) is 0 Å². The zero-order valence-electron chi connectivity index (χ0n) is 16.9. The molecule has 0 aliphatic carbocycles. The molecule has 0 fully saturated rings. The number of pyridine rings is 2. The fourth-order valence-corrected chi connectivity index (χ4v) is 4.06. The molecule has 0 amide bonds. The largest absolute Gasteiger partial charge is 0.506 e. The molecule has 5 heterocycles. The van der Waals surface area contributed by atoms with Gasteiger partial charge in [-0.1, -0.05) is 6.07 Å². The smallest absolute Gasteiger partial charge is 0.264 e. The molecule has 1 aliphatic heterocycles. The monoisotopic (exact) mass is 402 g/mol. The molecule has 0 aromatic carbocycles. The van der Waals surface area contributed by atoms with Crippen LogP contribution in [0.25, 0.3) is 22.3 Å². The van der Waals surface area contributed by atoms with Crippen molar-refractivity contribution < 1.29 is 5.11 Å². The molecule has 5 rings (SSSR count). The predicted molar refractivity (Wildman–Crippen MR) is 115 cm³/mol. The maximum Gasteiger partial charge on any atom is 0.264 e. The lowest BCUT2D eigenvalue weighted by Crippen LogP contribution is -2.36. The fraction of sp³-hybridized carbons (Fsp3) is 0.273. The molecule has 2 N–H and O–H groups in total. The normalized spacial score (nSPS) is 13.6. The molecule has 0 atom stereocenters. The Balaban J connectivity index is 1.49. The summed E-state index contributed by atoms with van der Waals surface area (Å²) in [6, 6.07) is 5.59. The van der Waals surface area contributed by atoms with Crippen molar-refractivity contribution in [3.8, 4) is 17.0 Å². The highest BCUT2D eigenvalue weighted by molar-refractivity contribution is 5.81. The van der Waals surface area contributed by atoms with Crippen LogP contribution in [-0.4, -0.2) is 43.2 Å². The van der Waals surface area contributed by atoms with E-state index in [9.17, 15) is 9.90 Å². The summed E-state index contributed by atoms with van der Waals surface area (Å²) in [5.41, 5.74) is 4.78. The summed E-state index contributed by atoms with van der Waals surface area (Å²) in [4.78, 5) is 31.6. The third-order valence-corrected chi connectivity index (χ3v) is 5.70. The minimum atomic E-state index is -0.0515. The number of aromatic hydroxyl groups is 1. The summed E-state index contributed by atoms with van der Waals surface area (Å²) in [6.07, 6.45) is 6.53.